The maximum atomic E-state index is 4.46. The lowest BCUT2D eigenvalue weighted by Gasteiger charge is -2.15. The molecule has 0 bridgehead atoms. The minimum atomic E-state index is 0.648. The van der Waals surface area contributed by atoms with Crippen LogP contribution in [-0.2, 0) is 0 Å². The minimum Gasteiger partial charge on any atom is -0.173 e. The summed E-state index contributed by atoms with van der Waals surface area (Å²) >= 11 is 1.33. The zero-order valence-electron chi connectivity index (χ0n) is 11.4. The predicted octanol–water partition coefficient (Wildman–Crippen LogP) is 5.16. The highest BCUT2D eigenvalue weighted by atomic mass is 32.1. The van der Waals surface area contributed by atoms with Gasteiger partial charge in [-0.2, -0.15) is 8.75 Å². The average Bonchev–Trinajstić information content (AvgIpc) is 2.87. The fraction of sp³-hybridized carbons (Fsp3) is 0.600. The lowest BCUT2D eigenvalue weighted by Crippen LogP contribution is -1.98. The Balaban J connectivity index is 2.09. The van der Waals surface area contributed by atoms with Gasteiger partial charge in [0, 0.05) is 0 Å². The first-order chi connectivity index (χ1) is 8.86. The third-order valence-corrected chi connectivity index (χ3v) is 4.20. The number of hydrogen-bond donors (Lipinski definition) is 0. The summed E-state index contributed by atoms with van der Waals surface area (Å²) in [6, 6.07) is 6.41. The monoisotopic (exact) mass is 262 g/mol. The molecular formula is C15H22N2S. The Hall–Kier alpha value is -0.960. The molecular weight excluding hydrogens is 240 g/mol. The smallest absolute Gasteiger partial charge is 0.108 e. The summed E-state index contributed by atoms with van der Waals surface area (Å²) in [6.45, 7) is 4.54. The summed E-state index contributed by atoms with van der Waals surface area (Å²) < 4.78 is 8.80. The van der Waals surface area contributed by atoms with E-state index in [0.29, 0.717) is 5.92 Å². The van der Waals surface area contributed by atoms with Gasteiger partial charge in [-0.3, -0.25) is 0 Å². The van der Waals surface area contributed by atoms with Crippen molar-refractivity contribution < 1.29 is 0 Å². The van der Waals surface area contributed by atoms with Crippen LogP contribution < -0.4 is 0 Å². The summed E-state index contributed by atoms with van der Waals surface area (Å²) in [5.74, 6) is 0.648. The van der Waals surface area contributed by atoms with Crippen molar-refractivity contribution in [1.29, 1.82) is 0 Å². The zero-order chi connectivity index (χ0) is 12.8. The predicted molar refractivity (Wildman–Crippen MR) is 79.2 cm³/mol. The lowest BCUT2D eigenvalue weighted by atomic mass is 9.90. The molecule has 0 spiro atoms. The fourth-order valence-electron chi connectivity index (χ4n) is 2.55. The molecule has 2 nitrogen and oxygen atoms in total. The quantitative estimate of drug-likeness (QED) is 0.644. The van der Waals surface area contributed by atoms with Crippen LogP contribution in [-0.4, -0.2) is 8.75 Å². The van der Waals surface area contributed by atoms with E-state index in [0.717, 1.165) is 11.0 Å². The normalized spacial score (nSPS) is 13.0. The van der Waals surface area contributed by atoms with Gasteiger partial charge in [-0.25, -0.2) is 0 Å². The van der Waals surface area contributed by atoms with Gasteiger partial charge in [-0.05, 0) is 30.4 Å². The molecule has 1 aromatic heterocycles. The van der Waals surface area contributed by atoms with Crippen LogP contribution in [0.4, 0.5) is 0 Å². The van der Waals surface area contributed by atoms with E-state index >= 15 is 0 Å². The van der Waals surface area contributed by atoms with Crippen LogP contribution in [0, 0.1) is 0 Å². The van der Waals surface area contributed by atoms with Crippen LogP contribution in [0.3, 0.4) is 0 Å². The van der Waals surface area contributed by atoms with Gasteiger partial charge in [-0.1, -0.05) is 51.7 Å². The summed E-state index contributed by atoms with van der Waals surface area (Å²) in [5.41, 5.74) is 3.59. The second kappa shape index (κ2) is 6.83. The van der Waals surface area contributed by atoms with Gasteiger partial charge in [0.05, 0.1) is 11.7 Å². The first-order valence-corrected chi connectivity index (χ1v) is 7.81. The number of unbranched alkanes of at least 4 members (excludes halogenated alkanes) is 3. The number of nitrogens with zero attached hydrogens (tertiary/aromatic N) is 2. The van der Waals surface area contributed by atoms with Crippen molar-refractivity contribution in [3.63, 3.8) is 0 Å². The Morgan fingerprint density at radius 2 is 2.00 bits per heavy atom. The second-order valence-electron chi connectivity index (χ2n) is 4.93. The third kappa shape index (κ3) is 3.08. The highest BCUT2D eigenvalue weighted by Crippen LogP contribution is 2.30. The molecule has 0 amide bonds. The van der Waals surface area contributed by atoms with E-state index in [2.05, 4.69) is 40.8 Å². The Labute approximate surface area is 114 Å². The molecule has 2 aromatic rings. The molecule has 98 valence electrons. The third-order valence-electron chi connectivity index (χ3n) is 3.66. The van der Waals surface area contributed by atoms with Gasteiger partial charge in [0.15, 0.2) is 0 Å². The van der Waals surface area contributed by atoms with Crippen LogP contribution in [0.1, 0.15) is 63.9 Å². The average molecular weight is 262 g/mol. The molecule has 0 saturated heterocycles. The largest absolute Gasteiger partial charge is 0.173 e. The second-order valence-corrected chi connectivity index (χ2v) is 5.46. The standard InChI is InChI=1S/C15H22N2S/c1-3-5-6-7-9-12(4-2)13-10-8-11-14-15(13)17-18-16-14/h8,10-12H,3-7,9H2,1-2H3. The maximum Gasteiger partial charge on any atom is 0.108 e. The summed E-state index contributed by atoms with van der Waals surface area (Å²) in [6.07, 6.45) is 7.84. The van der Waals surface area contributed by atoms with Gasteiger partial charge < -0.3 is 0 Å². The van der Waals surface area contributed by atoms with Crippen molar-refractivity contribution in [2.75, 3.05) is 0 Å². The number of aromatic nitrogens is 2. The van der Waals surface area contributed by atoms with Crippen LogP contribution >= 0.6 is 11.7 Å². The van der Waals surface area contributed by atoms with Gasteiger partial charge in [0.1, 0.15) is 11.0 Å². The molecule has 18 heavy (non-hydrogen) atoms. The van der Waals surface area contributed by atoms with Gasteiger partial charge in [0.2, 0.25) is 0 Å². The van der Waals surface area contributed by atoms with Crippen LogP contribution in [0.2, 0.25) is 0 Å². The number of benzene rings is 1. The van der Waals surface area contributed by atoms with Crippen molar-refractivity contribution in [2.45, 2.75) is 58.3 Å². The Morgan fingerprint density at radius 1 is 1.11 bits per heavy atom. The van der Waals surface area contributed by atoms with E-state index in [9.17, 15) is 0 Å². The molecule has 1 unspecified atom stereocenters. The lowest BCUT2D eigenvalue weighted by molar-refractivity contribution is 0.544. The Morgan fingerprint density at radius 3 is 2.78 bits per heavy atom. The SMILES string of the molecule is CCCCCCC(CC)c1cccc2nsnc12. The van der Waals surface area contributed by atoms with E-state index in [1.54, 1.807) is 0 Å². The van der Waals surface area contributed by atoms with Gasteiger partial charge >= 0.3 is 0 Å². The van der Waals surface area contributed by atoms with Crippen molar-refractivity contribution in [3.8, 4) is 0 Å². The highest BCUT2D eigenvalue weighted by Gasteiger charge is 2.14. The van der Waals surface area contributed by atoms with E-state index in [4.69, 9.17) is 0 Å². The first-order valence-electron chi connectivity index (χ1n) is 7.08. The number of hydrogen-bond acceptors (Lipinski definition) is 3. The molecule has 1 atom stereocenters. The molecule has 1 heterocycles. The molecule has 0 aliphatic carbocycles. The van der Waals surface area contributed by atoms with Crippen molar-refractivity contribution in [3.05, 3.63) is 23.8 Å². The maximum absolute atomic E-state index is 4.46. The molecule has 0 radical (unpaired) electrons. The van der Waals surface area contributed by atoms with Crippen LogP contribution in [0.5, 0.6) is 0 Å². The topological polar surface area (TPSA) is 25.8 Å². The summed E-state index contributed by atoms with van der Waals surface area (Å²) in [4.78, 5) is 0. The van der Waals surface area contributed by atoms with E-state index in [-0.39, 0.29) is 0 Å². The van der Waals surface area contributed by atoms with Gasteiger partial charge in [0.25, 0.3) is 0 Å². The van der Waals surface area contributed by atoms with Crippen molar-refractivity contribution in [2.24, 2.45) is 0 Å². The number of fused-ring (bicyclic) bond motifs is 1. The molecule has 1 aromatic carbocycles. The molecule has 0 aliphatic rings. The van der Waals surface area contributed by atoms with E-state index in [1.165, 1.54) is 55.8 Å². The molecule has 0 N–H and O–H groups in total. The molecule has 0 saturated carbocycles. The summed E-state index contributed by atoms with van der Waals surface area (Å²) in [7, 11) is 0. The first kappa shape index (κ1) is 13.5. The van der Waals surface area contributed by atoms with Crippen LogP contribution in [0.15, 0.2) is 18.2 Å². The Bertz CT molecular complexity index is 478. The number of rotatable bonds is 7. The molecule has 3 heteroatoms. The zero-order valence-corrected chi connectivity index (χ0v) is 12.2. The van der Waals surface area contributed by atoms with E-state index in [1.807, 2.05) is 0 Å². The molecule has 0 fully saturated rings. The summed E-state index contributed by atoms with van der Waals surface area (Å²) in [5, 5.41) is 0. The van der Waals surface area contributed by atoms with Gasteiger partial charge in [-0.15, -0.1) is 0 Å². The minimum absolute atomic E-state index is 0.648. The van der Waals surface area contributed by atoms with Crippen molar-refractivity contribution in [1.82, 2.24) is 8.75 Å². The molecule has 2 rings (SSSR count). The Kier molecular flexibility index (Phi) is 5.12. The highest BCUT2D eigenvalue weighted by molar-refractivity contribution is 7.00. The molecule has 0 aliphatic heterocycles. The fourth-order valence-corrected chi connectivity index (χ4v) is 3.11. The van der Waals surface area contributed by atoms with E-state index < -0.39 is 0 Å². The van der Waals surface area contributed by atoms with Crippen molar-refractivity contribution >= 4 is 22.8 Å². The van der Waals surface area contributed by atoms with Crippen LogP contribution in [0.25, 0.3) is 11.0 Å².